The predicted octanol–water partition coefficient (Wildman–Crippen LogP) is 3.50. The number of nitrogens with zero attached hydrogens (tertiary/aromatic N) is 2. The molecule has 0 aromatic rings. The standard InChI is InChI=1S/C15H28N2O2S4/c1-6-16(7-2)14(20)22-10-12(13(18)19-5)11-23-15(21)17(8-3)9-4/h12H,6-11H2,1-5H3. The Bertz CT molecular complexity index is 358. The Balaban J connectivity index is 4.57. The molecule has 0 saturated carbocycles. The zero-order valence-corrected chi connectivity index (χ0v) is 17.9. The van der Waals surface area contributed by atoms with Crippen LogP contribution >= 0.6 is 48.0 Å². The molecule has 0 spiro atoms. The molecule has 0 rings (SSSR count). The lowest BCUT2D eigenvalue weighted by Crippen LogP contribution is -2.30. The molecular weight excluding hydrogens is 368 g/mol. The van der Waals surface area contributed by atoms with Crippen molar-refractivity contribution in [3.8, 4) is 0 Å². The van der Waals surface area contributed by atoms with Crippen molar-refractivity contribution in [2.24, 2.45) is 5.92 Å². The van der Waals surface area contributed by atoms with Gasteiger partial charge in [-0.2, -0.15) is 0 Å². The maximum Gasteiger partial charge on any atom is 0.310 e. The van der Waals surface area contributed by atoms with Gasteiger partial charge in [-0.15, -0.1) is 0 Å². The second-order valence-corrected chi connectivity index (χ2v) is 8.03. The summed E-state index contributed by atoms with van der Waals surface area (Å²) in [5.74, 6) is 0.831. The van der Waals surface area contributed by atoms with Gasteiger partial charge in [0.15, 0.2) is 0 Å². The number of carbonyl (C=O) groups excluding carboxylic acids is 1. The van der Waals surface area contributed by atoms with Gasteiger partial charge in [-0.25, -0.2) is 0 Å². The monoisotopic (exact) mass is 396 g/mol. The first-order valence-corrected chi connectivity index (χ1v) is 10.6. The minimum absolute atomic E-state index is 0.199. The number of hydrogen-bond acceptors (Lipinski definition) is 6. The summed E-state index contributed by atoms with van der Waals surface area (Å²) in [5.41, 5.74) is 0. The van der Waals surface area contributed by atoms with Gasteiger partial charge in [-0.3, -0.25) is 4.79 Å². The van der Waals surface area contributed by atoms with Crippen molar-refractivity contribution >= 4 is 62.6 Å². The first-order chi connectivity index (χ1) is 10.9. The van der Waals surface area contributed by atoms with Crippen LogP contribution in [0.15, 0.2) is 0 Å². The van der Waals surface area contributed by atoms with Crippen molar-refractivity contribution in [3.05, 3.63) is 0 Å². The van der Waals surface area contributed by atoms with Crippen molar-refractivity contribution in [3.63, 3.8) is 0 Å². The Labute approximate surface area is 160 Å². The van der Waals surface area contributed by atoms with E-state index in [4.69, 9.17) is 29.2 Å². The van der Waals surface area contributed by atoms with Gasteiger partial charge in [-0.1, -0.05) is 48.0 Å². The number of thiocarbonyl (C=S) groups is 2. The number of esters is 1. The molecule has 0 saturated heterocycles. The quantitative estimate of drug-likeness (QED) is 0.433. The van der Waals surface area contributed by atoms with Crippen LogP contribution in [0.4, 0.5) is 0 Å². The fraction of sp³-hybridized carbons (Fsp3) is 0.800. The summed E-state index contributed by atoms with van der Waals surface area (Å²) in [6.45, 7) is 11.8. The molecule has 0 heterocycles. The third-order valence-corrected chi connectivity index (χ3v) is 6.77. The Morgan fingerprint density at radius 1 is 0.913 bits per heavy atom. The van der Waals surface area contributed by atoms with E-state index in [0.717, 1.165) is 34.8 Å². The molecule has 0 unspecified atom stereocenters. The fourth-order valence-electron chi connectivity index (χ4n) is 1.84. The van der Waals surface area contributed by atoms with Gasteiger partial charge in [0.2, 0.25) is 0 Å². The van der Waals surface area contributed by atoms with Crippen molar-refractivity contribution in [2.45, 2.75) is 27.7 Å². The molecule has 23 heavy (non-hydrogen) atoms. The van der Waals surface area contributed by atoms with Crippen LogP contribution in [0.25, 0.3) is 0 Å². The topological polar surface area (TPSA) is 32.8 Å². The molecule has 0 atom stereocenters. The summed E-state index contributed by atoms with van der Waals surface area (Å²) in [7, 11) is 1.43. The Morgan fingerprint density at radius 3 is 1.52 bits per heavy atom. The zero-order valence-electron chi connectivity index (χ0n) is 14.7. The minimum atomic E-state index is -0.211. The third kappa shape index (κ3) is 8.56. The highest BCUT2D eigenvalue weighted by Gasteiger charge is 2.22. The fourth-order valence-corrected chi connectivity index (χ4v) is 4.99. The second kappa shape index (κ2) is 13.3. The molecular formula is C15H28N2O2S4. The van der Waals surface area contributed by atoms with E-state index >= 15 is 0 Å². The number of ether oxygens (including phenoxy) is 1. The second-order valence-electron chi connectivity index (χ2n) is 4.72. The van der Waals surface area contributed by atoms with Crippen LogP contribution in [-0.4, -0.2) is 69.2 Å². The third-order valence-electron chi connectivity index (χ3n) is 3.39. The lowest BCUT2D eigenvalue weighted by atomic mass is 10.2. The van der Waals surface area contributed by atoms with Gasteiger partial charge < -0.3 is 14.5 Å². The highest BCUT2D eigenvalue weighted by Crippen LogP contribution is 2.21. The van der Waals surface area contributed by atoms with Crippen LogP contribution in [0.3, 0.4) is 0 Å². The number of thioether (sulfide) groups is 2. The molecule has 0 aliphatic carbocycles. The average molecular weight is 397 g/mol. The van der Waals surface area contributed by atoms with E-state index in [1.165, 1.54) is 7.11 Å². The lowest BCUT2D eigenvalue weighted by Gasteiger charge is -2.24. The van der Waals surface area contributed by atoms with Gasteiger partial charge in [-0.05, 0) is 27.7 Å². The normalized spacial score (nSPS) is 10.5. The van der Waals surface area contributed by atoms with Crippen molar-refractivity contribution in [1.29, 1.82) is 0 Å². The van der Waals surface area contributed by atoms with E-state index in [1.807, 2.05) is 0 Å². The number of rotatable bonds is 9. The summed E-state index contributed by atoms with van der Waals surface area (Å²) >= 11 is 13.9. The average Bonchev–Trinajstić information content (AvgIpc) is 2.56. The molecule has 0 bridgehead atoms. The summed E-state index contributed by atoms with van der Waals surface area (Å²) in [6.07, 6.45) is 0. The van der Waals surface area contributed by atoms with Crippen LogP contribution in [0.5, 0.6) is 0 Å². The van der Waals surface area contributed by atoms with Crippen LogP contribution in [0.2, 0.25) is 0 Å². The van der Waals surface area contributed by atoms with Crippen LogP contribution < -0.4 is 0 Å². The molecule has 0 N–H and O–H groups in total. The van der Waals surface area contributed by atoms with E-state index in [1.54, 1.807) is 23.5 Å². The number of methoxy groups -OCH3 is 1. The van der Waals surface area contributed by atoms with Gasteiger partial charge in [0, 0.05) is 37.7 Å². The van der Waals surface area contributed by atoms with E-state index in [0.29, 0.717) is 11.5 Å². The minimum Gasteiger partial charge on any atom is -0.469 e. The smallest absolute Gasteiger partial charge is 0.310 e. The van der Waals surface area contributed by atoms with Gasteiger partial charge in [0.1, 0.15) is 8.64 Å². The Hall–Kier alpha value is -0.0500. The van der Waals surface area contributed by atoms with Gasteiger partial charge >= 0.3 is 5.97 Å². The summed E-state index contributed by atoms with van der Waals surface area (Å²) in [5, 5.41) is 0. The maximum atomic E-state index is 12.0. The first-order valence-electron chi connectivity index (χ1n) is 7.86. The SMILES string of the molecule is CCN(CC)C(=S)SCC(CSC(=S)N(CC)CC)C(=O)OC. The number of carbonyl (C=O) groups is 1. The zero-order chi connectivity index (χ0) is 17.8. The molecule has 0 aliphatic heterocycles. The summed E-state index contributed by atoms with van der Waals surface area (Å²) in [4.78, 5) is 16.2. The van der Waals surface area contributed by atoms with Crippen LogP contribution in [-0.2, 0) is 9.53 Å². The van der Waals surface area contributed by atoms with Crippen LogP contribution in [0, 0.1) is 5.92 Å². The Kier molecular flexibility index (Phi) is 13.2. The molecule has 0 aliphatic rings. The molecule has 4 nitrogen and oxygen atoms in total. The van der Waals surface area contributed by atoms with Gasteiger partial charge in [0.25, 0.3) is 0 Å². The van der Waals surface area contributed by atoms with E-state index in [-0.39, 0.29) is 11.9 Å². The molecule has 8 heteroatoms. The highest BCUT2D eigenvalue weighted by molar-refractivity contribution is 8.23. The van der Waals surface area contributed by atoms with Gasteiger partial charge in [0.05, 0.1) is 13.0 Å². The van der Waals surface area contributed by atoms with E-state index in [2.05, 4.69) is 37.5 Å². The highest BCUT2D eigenvalue weighted by atomic mass is 32.2. The molecule has 0 fully saturated rings. The molecule has 0 aromatic carbocycles. The lowest BCUT2D eigenvalue weighted by molar-refractivity contribution is -0.143. The largest absolute Gasteiger partial charge is 0.469 e. The molecule has 0 amide bonds. The first kappa shape index (κ1) is 22.9. The summed E-state index contributed by atoms with van der Waals surface area (Å²) < 4.78 is 6.59. The van der Waals surface area contributed by atoms with Crippen LogP contribution in [0.1, 0.15) is 27.7 Å². The molecule has 0 aromatic heterocycles. The number of hydrogen-bond donors (Lipinski definition) is 0. The Morgan fingerprint density at radius 2 is 1.26 bits per heavy atom. The maximum absolute atomic E-state index is 12.0. The molecule has 134 valence electrons. The van der Waals surface area contributed by atoms with Crippen molar-refractivity contribution < 1.29 is 9.53 Å². The van der Waals surface area contributed by atoms with E-state index in [9.17, 15) is 4.79 Å². The van der Waals surface area contributed by atoms with Crippen molar-refractivity contribution in [2.75, 3.05) is 44.8 Å². The van der Waals surface area contributed by atoms with Crippen molar-refractivity contribution in [1.82, 2.24) is 9.80 Å². The molecule has 0 radical (unpaired) electrons. The summed E-state index contributed by atoms with van der Waals surface area (Å²) in [6, 6.07) is 0. The van der Waals surface area contributed by atoms with E-state index < -0.39 is 0 Å². The predicted molar refractivity (Wildman–Crippen MR) is 111 cm³/mol.